The first-order valence-corrected chi connectivity index (χ1v) is 10.6. The van der Waals surface area contributed by atoms with Crippen molar-refractivity contribution in [2.45, 2.75) is 38.6 Å². The third kappa shape index (κ3) is 4.11. The SMILES string of the molecule is CCOC(=O)N1CCC(Nc2nc(-c3ccc4c(c3)CCC(=O)N4)cs2)CC1. The molecule has 1 aromatic carbocycles. The molecule has 0 unspecified atom stereocenters. The minimum absolute atomic E-state index is 0.0781. The third-order valence-electron chi connectivity index (χ3n) is 5.15. The number of ether oxygens (including phenoxy) is 1. The van der Waals surface area contributed by atoms with E-state index in [9.17, 15) is 9.59 Å². The maximum Gasteiger partial charge on any atom is 0.409 e. The zero-order valence-corrected chi connectivity index (χ0v) is 16.7. The summed E-state index contributed by atoms with van der Waals surface area (Å²) in [5.74, 6) is 0.0781. The molecule has 1 saturated heterocycles. The maximum absolute atomic E-state index is 11.8. The fourth-order valence-electron chi connectivity index (χ4n) is 3.61. The van der Waals surface area contributed by atoms with Gasteiger partial charge in [0.25, 0.3) is 0 Å². The molecule has 0 aliphatic carbocycles. The summed E-state index contributed by atoms with van der Waals surface area (Å²) in [4.78, 5) is 29.8. The van der Waals surface area contributed by atoms with Crippen molar-refractivity contribution < 1.29 is 14.3 Å². The molecule has 0 saturated carbocycles. The molecule has 7 nitrogen and oxygen atoms in total. The van der Waals surface area contributed by atoms with Crippen molar-refractivity contribution in [2.75, 3.05) is 30.3 Å². The average molecular weight is 401 g/mol. The Morgan fingerprint density at radius 3 is 2.96 bits per heavy atom. The van der Waals surface area contributed by atoms with Crippen molar-refractivity contribution in [1.29, 1.82) is 0 Å². The van der Waals surface area contributed by atoms with Gasteiger partial charge in [0.05, 0.1) is 12.3 Å². The summed E-state index contributed by atoms with van der Waals surface area (Å²) in [6.07, 6.45) is 2.84. The van der Waals surface area contributed by atoms with Crippen molar-refractivity contribution in [3.05, 3.63) is 29.1 Å². The lowest BCUT2D eigenvalue weighted by molar-refractivity contribution is -0.116. The molecule has 4 rings (SSSR count). The van der Waals surface area contributed by atoms with Gasteiger partial charge in [0.1, 0.15) is 0 Å². The summed E-state index contributed by atoms with van der Waals surface area (Å²) in [6.45, 7) is 3.63. The zero-order valence-electron chi connectivity index (χ0n) is 15.9. The number of hydrogen-bond donors (Lipinski definition) is 2. The Labute approximate surface area is 168 Å². The van der Waals surface area contributed by atoms with Crippen molar-refractivity contribution in [1.82, 2.24) is 9.88 Å². The van der Waals surface area contributed by atoms with Crippen LogP contribution in [0.2, 0.25) is 0 Å². The van der Waals surface area contributed by atoms with Crippen LogP contribution in [0.1, 0.15) is 31.7 Å². The molecule has 148 valence electrons. The van der Waals surface area contributed by atoms with Crippen LogP contribution in [0.5, 0.6) is 0 Å². The second kappa shape index (κ2) is 8.18. The van der Waals surface area contributed by atoms with Gasteiger partial charge in [-0.3, -0.25) is 4.79 Å². The van der Waals surface area contributed by atoms with E-state index in [-0.39, 0.29) is 12.0 Å². The minimum Gasteiger partial charge on any atom is -0.450 e. The lowest BCUT2D eigenvalue weighted by Gasteiger charge is -2.31. The molecule has 28 heavy (non-hydrogen) atoms. The fraction of sp³-hybridized carbons (Fsp3) is 0.450. The Balaban J connectivity index is 1.36. The molecule has 8 heteroatoms. The number of thiazole rings is 1. The van der Waals surface area contributed by atoms with Crippen molar-refractivity contribution in [2.24, 2.45) is 0 Å². The standard InChI is InChI=1S/C20H24N4O3S/c1-2-27-20(26)24-9-7-15(8-10-24)21-19-23-17(12-28-19)14-3-5-16-13(11-14)4-6-18(25)22-16/h3,5,11-12,15H,2,4,6-10H2,1H3,(H,21,23)(H,22,25). The van der Waals surface area contributed by atoms with E-state index >= 15 is 0 Å². The molecule has 2 aromatic rings. The number of fused-ring (bicyclic) bond motifs is 1. The number of hydrogen-bond acceptors (Lipinski definition) is 6. The number of likely N-dealkylation sites (tertiary alicyclic amines) is 1. The first-order chi connectivity index (χ1) is 13.6. The number of amides is 2. The molecule has 3 heterocycles. The molecule has 2 amide bonds. The van der Waals surface area contributed by atoms with Gasteiger partial charge in [-0.25, -0.2) is 9.78 Å². The largest absolute Gasteiger partial charge is 0.450 e. The number of aromatic nitrogens is 1. The predicted octanol–water partition coefficient (Wildman–Crippen LogP) is 3.73. The summed E-state index contributed by atoms with van der Waals surface area (Å²) in [7, 11) is 0. The quantitative estimate of drug-likeness (QED) is 0.817. The number of rotatable bonds is 4. The molecule has 2 N–H and O–H groups in total. The Hall–Kier alpha value is -2.61. The van der Waals surface area contributed by atoms with Crippen LogP contribution in [-0.2, 0) is 16.0 Å². The highest BCUT2D eigenvalue weighted by Crippen LogP contribution is 2.31. The van der Waals surface area contributed by atoms with Crippen LogP contribution in [0.25, 0.3) is 11.3 Å². The van der Waals surface area contributed by atoms with Gasteiger partial charge in [-0.15, -0.1) is 11.3 Å². The van der Waals surface area contributed by atoms with Crippen LogP contribution >= 0.6 is 11.3 Å². The molecule has 0 radical (unpaired) electrons. The van der Waals surface area contributed by atoms with Crippen LogP contribution in [0.15, 0.2) is 23.6 Å². The number of nitrogens with zero attached hydrogens (tertiary/aromatic N) is 2. The van der Waals surface area contributed by atoms with E-state index in [4.69, 9.17) is 9.72 Å². The fourth-order valence-corrected chi connectivity index (χ4v) is 4.41. The van der Waals surface area contributed by atoms with Crippen LogP contribution in [0.3, 0.4) is 0 Å². The van der Waals surface area contributed by atoms with Crippen LogP contribution in [0, 0.1) is 0 Å². The summed E-state index contributed by atoms with van der Waals surface area (Å²) in [5.41, 5.74) is 4.07. The number of anilines is 2. The Kier molecular flexibility index (Phi) is 5.47. The lowest BCUT2D eigenvalue weighted by atomic mass is 9.99. The van der Waals surface area contributed by atoms with E-state index in [0.29, 0.717) is 32.2 Å². The van der Waals surface area contributed by atoms with Gasteiger partial charge in [0.15, 0.2) is 5.13 Å². The molecule has 2 aliphatic heterocycles. The predicted molar refractivity (Wildman–Crippen MR) is 110 cm³/mol. The molecule has 0 bridgehead atoms. The zero-order chi connectivity index (χ0) is 19.5. The van der Waals surface area contributed by atoms with Crippen molar-refractivity contribution in [3.63, 3.8) is 0 Å². The van der Waals surface area contributed by atoms with E-state index in [1.807, 2.05) is 19.1 Å². The van der Waals surface area contributed by atoms with E-state index < -0.39 is 0 Å². The monoisotopic (exact) mass is 400 g/mol. The smallest absolute Gasteiger partial charge is 0.409 e. The number of carbonyl (C=O) groups excluding carboxylic acids is 2. The number of nitrogens with one attached hydrogen (secondary N) is 2. The van der Waals surface area contributed by atoms with Crippen molar-refractivity contribution in [3.8, 4) is 11.3 Å². The van der Waals surface area contributed by atoms with Gasteiger partial charge in [0.2, 0.25) is 5.91 Å². The molecule has 2 aliphatic rings. The lowest BCUT2D eigenvalue weighted by Crippen LogP contribution is -2.42. The third-order valence-corrected chi connectivity index (χ3v) is 5.92. The first kappa shape index (κ1) is 18.7. The topological polar surface area (TPSA) is 83.6 Å². The Morgan fingerprint density at radius 2 is 2.18 bits per heavy atom. The van der Waals surface area contributed by atoms with Gasteiger partial charge in [-0.2, -0.15) is 0 Å². The van der Waals surface area contributed by atoms with Crippen LogP contribution in [-0.4, -0.2) is 47.6 Å². The molecular formula is C20H24N4O3S. The first-order valence-electron chi connectivity index (χ1n) is 9.69. The number of aryl methyl sites for hydroxylation is 1. The number of carbonyl (C=O) groups is 2. The van der Waals surface area contributed by atoms with Gasteiger partial charge in [-0.1, -0.05) is 6.07 Å². The maximum atomic E-state index is 11.8. The van der Waals surface area contributed by atoms with E-state index in [1.165, 1.54) is 0 Å². The summed E-state index contributed by atoms with van der Waals surface area (Å²) in [6, 6.07) is 6.38. The second-order valence-electron chi connectivity index (χ2n) is 7.06. The average Bonchev–Trinajstić information content (AvgIpc) is 3.17. The highest BCUT2D eigenvalue weighted by atomic mass is 32.1. The molecule has 0 atom stereocenters. The Morgan fingerprint density at radius 1 is 1.36 bits per heavy atom. The highest BCUT2D eigenvalue weighted by Gasteiger charge is 2.24. The number of piperidine rings is 1. The second-order valence-corrected chi connectivity index (χ2v) is 7.92. The molecular weight excluding hydrogens is 376 g/mol. The highest BCUT2D eigenvalue weighted by molar-refractivity contribution is 7.14. The molecule has 1 fully saturated rings. The normalized spacial score (nSPS) is 17.0. The number of benzene rings is 1. The van der Waals surface area contributed by atoms with Crippen LogP contribution in [0.4, 0.5) is 15.6 Å². The van der Waals surface area contributed by atoms with Crippen molar-refractivity contribution >= 4 is 34.2 Å². The van der Waals surface area contributed by atoms with E-state index in [1.54, 1.807) is 16.2 Å². The molecule has 1 aromatic heterocycles. The van der Waals surface area contributed by atoms with Gasteiger partial charge in [0, 0.05) is 42.2 Å². The summed E-state index contributed by atoms with van der Waals surface area (Å²) < 4.78 is 5.07. The summed E-state index contributed by atoms with van der Waals surface area (Å²) >= 11 is 1.59. The summed E-state index contributed by atoms with van der Waals surface area (Å²) in [5, 5.41) is 9.37. The van der Waals surface area contributed by atoms with E-state index in [0.717, 1.165) is 46.9 Å². The van der Waals surface area contributed by atoms with E-state index in [2.05, 4.69) is 22.1 Å². The van der Waals surface area contributed by atoms with Gasteiger partial charge in [-0.05, 0) is 43.9 Å². The Bertz CT molecular complexity index is 874. The van der Waals surface area contributed by atoms with Gasteiger partial charge >= 0.3 is 6.09 Å². The van der Waals surface area contributed by atoms with Gasteiger partial charge < -0.3 is 20.3 Å². The van der Waals surface area contributed by atoms with Crippen LogP contribution < -0.4 is 10.6 Å². The molecule has 0 spiro atoms. The minimum atomic E-state index is -0.221.